The first-order valence-electron chi connectivity index (χ1n) is 6.07. The van der Waals surface area contributed by atoms with Crippen molar-refractivity contribution in [2.75, 3.05) is 11.6 Å². The lowest BCUT2D eigenvalue weighted by atomic mass is 10.0. The van der Waals surface area contributed by atoms with E-state index in [1.54, 1.807) is 11.8 Å². The molecule has 2 rings (SSSR count). The third-order valence-corrected chi connectivity index (χ3v) is 3.41. The van der Waals surface area contributed by atoms with Crippen molar-refractivity contribution < 1.29 is 9.90 Å². The summed E-state index contributed by atoms with van der Waals surface area (Å²) in [6, 6.07) is 9.36. The number of nitrogens with one attached hydrogen (secondary N) is 1. The number of hydrogen-bond acceptors (Lipinski definition) is 5. The minimum Gasteiger partial charge on any atom is -0.481 e. The Morgan fingerprint density at radius 1 is 1.30 bits per heavy atom. The summed E-state index contributed by atoms with van der Waals surface area (Å²) in [5.74, 6) is -0.0985. The standard InChI is InChI=1S/C14H15N3O2S/c1-20-13-7-12(16-9-17-13)15-8-11-5-3-2-4-10(11)6-14(18)19/h2-5,7,9H,6,8H2,1H3,(H,18,19)(H,15,16,17). The summed E-state index contributed by atoms with van der Waals surface area (Å²) in [5, 5.41) is 13.0. The number of benzene rings is 1. The smallest absolute Gasteiger partial charge is 0.307 e. The first-order chi connectivity index (χ1) is 9.69. The fraction of sp³-hybridized carbons (Fsp3) is 0.214. The number of carboxylic acid groups (broad SMARTS) is 1. The Morgan fingerprint density at radius 3 is 2.75 bits per heavy atom. The second-order valence-electron chi connectivity index (χ2n) is 4.14. The molecule has 0 saturated heterocycles. The van der Waals surface area contributed by atoms with Gasteiger partial charge in [0, 0.05) is 12.6 Å². The highest BCUT2D eigenvalue weighted by molar-refractivity contribution is 7.98. The van der Waals surface area contributed by atoms with Crippen LogP contribution in [-0.2, 0) is 17.8 Å². The Hall–Kier alpha value is -2.08. The summed E-state index contributed by atoms with van der Waals surface area (Å²) in [6.07, 6.45) is 3.49. The van der Waals surface area contributed by atoms with E-state index in [0.717, 1.165) is 22.0 Å². The molecule has 0 amide bonds. The second-order valence-corrected chi connectivity index (χ2v) is 4.96. The van der Waals surface area contributed by atoms with E-state index in [0.29, 0.717) is 6.54 Å². The Balaban J connectivity index is 2.08. The van der Waals surface area contributed by atoms with Gasteiger partial charge in [0.2, 0.25) is 0 Å². The molecule has 0 spiro atoms. The number of rotatable bonds is 6. The predicted molar refractivity (Wildman–Crippen MR) is 78.9 cm³/mol. The van der Waals surface area contributed by atoms with Gasteiger partial charge in [0.25, 0.3) is 0 Å². The van der Waals surface area contributed by atoms with Crippen LogP contribution in [0.3, 0.4) is 0 Å². The summed E-state index contributed by atoms with van der Waals surface area (Å²) in [7, 11) is 0. The molecule has 0 fully saturated rings. The molecule has 0 aliphatic rings. The van der Waals surface area contributed by atoms with Crippen LogP contribution < -0.4 is 5.32 Å². The average Bonchev–Trinajstić information content (AvgIpc) is 2.46. The molecule has 0 saturated carbocycles. The quantitative estimate of drug-likeness (QED) is 0.628. The van der Waals surface area contributed by atoms with Crippen molar-refractivity contribution in [1.82, 2.24) is 9.97 Å². The fourth-order valence-electron chi connectivity index (χ4n) is 1.80. The Labute approximate surface area is 121 Å². The highest BCUT2D eigenvalue weighted by atomic mass is 32.2. The van der Waals surface area contributed by atoms with Gasteiger partial charge in [-0.3, -0.25) is 4.79 Å². The van der Waals surface area contributed by atoms with E-state index in [2.05, 4.69) is 15.3 Å². The van der Waals surface area contributed by atoms with Crippen molar-refractivity contribution in [3.05, 3.63) is 47.8 Å². The van der Waals surface area contributed by atoms with E-state index in [1.165, 1.54) is 6.33 Å². The number of anilines is 1. The zero-order valence-corrected chi connectivity index (χ0v) is 11.9. The van der Waals surface area contributed by atoms with Crippen molar-refractivity contribution >= 4 is 23.5 Å². The molecular weight excluding hydrogens is 274 g/mol. The first kappa shape index (κ1) is 14.3. The van der Waals surface area contributed by atoms with Crippen molar-refractivity contribution in [2.45, 2.75) is 18.0 Å². The van der Waals surface area contributed by atoms with Crippen LogP contribution >= 0.6 is 11.8 Å². The third-order valence-electron chi connectivity index (χ3n) is 2.77. The van der Waals surface area contributed by atoms with Gasteiger partial charge in [-0.15, -0.1) is 11.8 Å². The highest BCUT2D eigenvalue weighted by Crippen LogP contribution is 2.16. The molecule has 0 atom stereocenters. The molecule has 0 bridgehead atoms. The molecule has 20 heavy (non-hydrogen) atoms. The van der Waals surface area contributed by atoms with Crippen LogP contribution in [0.5, 0.6) is 0 Å². The maximum atomic E-state index is 10.8. The SMILES string of the molecule is CSc1cc(NCc2ccccc2CC(=O)O)ncn1. The van der Waals surface area contributed by atoms with Gasteiger partial charge in [0.1, 0.15) is 17.2 Å². The van der Waals surface area contributed by atoms with Crippen LogP contribution in [0.2, 0.25) is 0 Å². The van der Waals surface area contributed by atoms with Crippen LogP contribution in [0.25, 0.3) is 0 Å². The first-order valence-corrected chi connectivity index (χ1v) is 7.30. The number of aromatic nitrogens is 2. The molecule has 2 N–H and O–H groups in total. The lowest BCUT2D eigenvalue weighted by molar-refractivity contribution is -0.136. The lowest BCUT2D eigenvalue weighted by Gasteiger charge is -2.10. The maximum Gasteiger partial charge on any atom is 0.307 e. The van der Waals surface area contributed by atoms with E-state index in [9.17, 15) is 4.79 Å². The zero-order chi connectivity index (χ0) is 14.4. The van der Waals surface area contributed by atoms with Gasteiger partial charge in [-0.25, -0.2) is 9.97 Å². The van der Waals surface area contributed by atoms with Crippen molar-refractivity contribution in [1.29, 1.82) is 0 Å². The largest absolute Gasteiger partial charge is 0.481 e. The molecule has 0 unspecified atom stereocenters. The molecule has 6 heteroatoms. The fourth-order valence-corrected chi connectivity index (χ4v) is 2.18. The number of thioether (sulfide) groups is 1. The predicted octanol–water partition coefficient (Wildman–Crippen LogP) is 2.44. The second kappa shape index (κ2) is 6.91. The Kier molecular flexibility index (Phi) is 4.95. The van der Waals surface area contributed by atoms with Crippen molar-refractivity contribution in [2.24, 2.45) is 0 Å². The molecule has 0 aliphatic carbocycles. The molecule has 0 aliphatic heterocycles. The van der Waals surface area contributed by atoms with Gasteiger partial charge in [0.05, 0.1) is 6.42 Å². The van der Waals surface area contributed by atoms with E-state index < -0.39 is 5.97 Å². The van der Waals surface area contributed by atoms with Gasteiger partial charge in [-0.1, -0.05) is 24.3 Å². The molecule has 104 valence electrons. The highest BCUT2D eigenvalue weighted by Gasteiger charge is 2.06. The summed E-state index contributed by atoms with van der Waals surface area (Å²) < 4.78 is 0. The molecule has 5 nitrogen and oxygen atoms in total. The van der Waals surface area contributed by atoms with Crippen molar-refractivity contribution in [3.8, 4) is 0 Å². The zero-order valence-electron chi connectivity index (χ0n) is 11.0. The number of hydrogen-bond donors (Lipinski definition) is 2. The van der Waals surface area contributed by atoms with Crippen LogP contribution in [0.1, 0.15) is 11.1 Å². The van der Waals surface area contributed by atoms with E-state index in [4.69, 9.17) is 5.11 Å². The monoisotopic (exact) mass is 289 g/mol. The maximum absolute atomic E-state index is 10.8. The van der Waals surface area contributed by atoms with Gasteiger partial charge in [0.15, 0.2) is 0 Å². The van der Waals surface area contributed by atoms with Crippen LogP contribution in [0.4, 0.5) is 5.82 Å². The summed E-state index contributed by atoms with van der Waals surface area (Å²) in [6.45, 7) is 0.536. The number of carbonyl (C=O) groups is 1. The number of aliphatic carboxylic acids is 1. The van der Waals surface area contributed by atoms with E-state index >= 15 is 0 Å². The number of carboxylic acids is 1. The molecule has 1 aromatic carbocycles. The normalized spacial score (nSPS) is 10.2. The molecule has 1 aromatic heterocycles. The summed E-state index contributed by atoms with van der Waals surface area (Å²) in [4.78, 5) is 19.1. The van der Waals surface area contributed by atoms with Crippen LogP contribution in [-0.4, -0.2) is 27.3 Å². The summed E-state index contributed by atoms with van der Waals surface area (Å²) in [5.41, 5.74) is 1.77. The van der Waals surface area contributed by atoms with Crippen LogP contribution in [0.15, 0.2) is 41.7 Å². The van der Waals surface area contributed by atoms with Gasteiger partial charge in [-0.2, -0.15) is 0 Å². The lowest BCUT2D eigenvalue weighted by Crippen LogP contribution is -2.08. The number of nitrogens with zero attached hydrogens (tertiary/aromatic N) is 2. The minimum atomic E-state index is -0.829. The van der Waals surface area contributed by atoms with E-state index in [1.807, 2.05) is 36.6 Å². The third kappa shape index (κ3) is 3.96. The molecular formula is C14H15N3O2S. The molecule has 0 radical (unpaired) electrons. The topological polar surface area (TPSA) is 75.1 Å². The Morgan fingerprint density at radius 2 is 2.05 bits per heavy atom. The van der Waals surface area contributed by atoms with Crippen LogP contribution in [0, 0.1) is 0 Å². The minimum absolute atomic E-state index is 0.0255. The summed E-state index contributed by atoms with van der Waals surface area (Å²) >= 11 is 1.55. The van der Waals surface area contributed by atoms with Crippen molar-refractivity contribution in [3.63, 3.8) is 0 Å². The van der Waals surface area contributed by atoms with Gasteiger partial charge < -0.3 is 10.4 Å². The van der Waals surface area contributed by atoms with Gasteiger partial charge >= 0.3 is 5.97 Å². The average molecular weight is 289 g/mol. The Bertz CT molecular complexity index is 604. The molecule has 2 aromatic rings. The van der Waals surface area contributed by atoms with E-state index in [-0.39, 0.29) is 6.42 Å². The van der Waals surface area contributed by atoms with Gasteiger partial charge in [-0.05, 0) is 17.4 Å². The molecule has 1 heterocycles.